The molecule has 11 heteroatoms. The average Bonchev–Trinajstić information content (AvgIpc) is 2.80. The first-order chi connectivity index (χ1) is 17.4. The van der Waals surface area contributed by atoms with E-state index in [-0.39, 0.29) is 22.7 Å². The van der Waals surface area contributed by atoms with Crippen LogP contribution in [0.5, 0.6) is 11.6 Å². The summed E-state index contributed by atoms with van der Waals surface area (Å²) in [4.78, 5) is 30.9. The lowest BCUT2D eigenvalue weighted by Crippen LogP contribution is -2.34. The highest BCUT2D eigenvalue weighted by Crippen LogP contribution is 2.33. The number of halogens is 2. The summed E-state index contributed by atoms with van der Waals surface area (Å²) in [5, 5.41) is 0. The number of amides is 1. The molecular weight excluding hydrogens is 504 g/mol. The summed E-state index contributed by atoms with van der Waals surface area (Å²) in [6.07, 6.45) is 1.25. The standard InChI is InChI=1S/C26H21F2N3O5S/c1-14-9-15(2)23(16(3)10-14)36-26-20(6-7-21(30-26)17-11-18(27)13-19(28)12-17)24(32)31-37(34,35)22-5-4-8-29-25(22)33/h4-13H,1-3H3,(H,29,33)(H,31,32). The molecule has 0 spiro atoms. The fourth-order valence-electron chi connectivity index (χ4n) is 3.83. The van der Waals surface area contributed by atoms with Gasteiger partial charge in [-0.15, -0.1) is 0 Å². The monoisotopic (exact) mass is 525 g/mol. The summed E-state index contributed by atoms with van der Waals surface area (Å²) in [5.41, 5.74) is 1.37. The molecule has 0 radical (unpaired) electrons. The second-order valence-electron chi connectivity index (χ2n) is 8.34. The lowest BCUT2D eigenvalue weighted by molar-refractivity contribution is 0.0978. The van der Waals surface area contributed by atoms with Gasteiger partial charge in [0, 0.05) is 17.8 Å². The Morgan fingerprint density at radius 3 is 2.24 bits per heavy atom. The van der Waals surface area contributed by atoms with Crippen molar-refractivity contribution in [3.63, 3.8) is 0 Å². The van der Waals surface area contributed by atoms with Crippen LogP contribution in [0.1, 0.15) is 27.0 Å². The van der Waals surface area contributed by atoms with Crippen LogP contribution in [0.15, 0.2) is 70.5 Å². The Bertz CT molecular complexity index is 1660. The molecule has 0 saturated carbocycles. The summed E-state index contributed by atoms with van der Waals surface area (Å²) in [7, 11) is -4.55. The zero-order valence-corrected chi connectivity index (χ0v) is 20.7. The smallest absolute Gasteiger partial charge is 0.270 e. The van der Waals surface area contributed by atoms with Crippen LogP contribution in [0.3, 0.4) is 0 Å². The molecule has 37 heavy (non-hydrogen) atoms. The van der Waals surface area contributed by atoms with E-state index in [1.165, 1.54) is 24.4 Å². The van der Waals surface area contributed by atoms with Gasteiger partial charge in [-0.3, -0.25) is 9.59 Å². The number of hydrogen-bond donors (Lipinski definition) is 2. The Morgan fingerprint density at radius 1 is 0.973 bits per heavy atom. The number of ether oxygens (including phenoxy) is 1. The number of sulfonamides is 1. The molecule has 4 aromatic rings. The lowest BCUT2D eigenvalue weighted by atomic mass is 10.1. The van der Waals surface area contributed by atoms with Crippen LogP contribution in [0.4, 0.5) is 8.78 Å². The molecule has 0 atom stereocenters. The summed E-state index contributed by atoms with van der Waals surface area (Å²) < 4.78 is 60.9. The van der Waals surface area contributed by atoms with Crippen LogP contribution in [0.25, 0.3) is 11.3 Å². The molecular formula is C26H21F2N3O5S. The van der Waals surface area contributed by atoms with E-state index in [1.807, 2.05) is 23.8 Å². The van der Waals surface area contributed by atoms with Gasteiger partial charge in [-0.05, 0) is 68.3 Å². The second kappa shape index (κ2) is 9.94. The molecule has 0 saturated heterocycles. The van der Waals surface area contributed by atoms with Crippen molar-refractivity contribution >= 4 is 15.9 Å². The predicted octanol–water partition coefficient (Wildman–Crippen LogP) is 4.55. The minimum Gasteiger partial charge on any atom is -0.438 e. The molecule has 2 aromatic heterocycles. The van der Waals surface area contributed by atoms with Gasteiger partial charge in [0.1, 0.15) is 22.9 Å². The fraction of sp³-hybridized carbons (Fsp3) is 0.115. The number of carbonyl (C=O) groups is 1. The van der Waals surface area contributed by atoms with Crippen molar-refractivity contribution in [2.24, 2.45) is 0 Å². The van der Waals surface area contributed by atoms with E-state index in [2.05, 4.69) is 9.97 Å². The number of aryl methyl sites for hydroxylation is 3. The molecule has 4 rings (SSSR count). The number of pyridine rings is 2. The summed E-state index contributed by atoms with van der Waals surface area (Å²) in [6.45, 7) is 5.47. The number of H-pyrrole nitrogens is 1. The third-order valence-electron chi connectivity index (χ3n) is 5.37. The zero-order chi connectivity index (χ0) is 26.9. The van der Waals surface area contributed by atoms with E-state index in [0.717, 1.165) is 34.9 Å². The second-order valence-corrected chi connectivity index (χ2v) is 9.99. The molecule has 2 N–H and O–H groups in total. The average molecular weight is 526 g/mol. The Hall–Kier alpha value is -4.38. The number of rotatable bonds is 6. The minimum atomic E-state index is -4.55. The van der Waals surface area contributed by atoms with Gasteiger partial charge in [0.2, 0.25) is 5.88 Å². The highest BCUT2D eigenvalue weighted by atomic mass is 32.2. The van der Waals surface area contributed by atoms with Crippen LogP contribution in [-0.4, -0.2) is 24.3 Å². The number of hydrogen-bond acceptors (Lipinski definition) is 6. The lowest BCUT2D eigenvalue weighted by Gasteiger charge is -2.16. The SMILES string of the molecule is Cc1cc(C)c(Oc2nc(-c3cc(F)cc(F)c3)ccc2C(=O)NS(=O)(=O)c2ccc[nH]c2=O)c(C)c1. The molecule has 2 heterocycles. The fourth-order valence-corrected chi connectivity index (χ4v) is 4.85. The van der Waals surface area contributed by atoms with E-state index >= 15 is 0 Å². The molecule has 8 nitrogen and oxygen atoms in total. The van der Waals surface area contributed by atoms with Crippen molar-refractivity contribution in [2.45, 2.75) is 25.7 Å². The van der Waals surface area contributed by atoms with Gasteiger partial charge in [0.05, 0.1) is 5.69 Å². The van der Waals surface area contributed by atoms with E-state index < -0.39 is 38.0 Å². The molecule has 0 aliphatic carbocycles. The van der Waals surface area contributed by atoms with Crippen molar-refractivity contribution in [1.82, 2.24) is 14.7 Å². The van der Waals surface area contributed by atoms with Crippen LogP contribution in [0, 0.1) is 32.4 Å². The molecule has 0 fully saturated rings. The van der Waals surface area contributed by atoms with Crippen LogP contribution >= 0.6 is 0 Å². The van der Waals surface area contributed by atoms with E-state index in [9.17, 15) is 26.8 Å². The maximum atomic E-state index is 13.8. The van der Waals surface area contributed by atoms with Gasteiger partial charge in [-0.1, -0.05) is 17.7 Å². The summed E-state index contributed by atoms with van der Waals surface area (Å²) in [6, 6.07) is 11.4. The van der Waals surface area contributed by atoms with Crippen LogP contribution < -0.4 is 15.0 Å². The zero-order valence-electron chi connectivity index (χ0n) is 19.9. The molecule has 0 unspecified atom stereocenters. The molecule has 190 valence electrons. The van der Waals surface area contributed by atoms with E-state index in [4.69, 9.17) is 4.74 Å². The van der Waals surface area contributed by atoms with Crippen molar-refractivity contribution in [3.8, 4) is 22.9 Å². The van der Waals surface area contributed by atoms with Gasteiger partial charge >= 0.3 is 0 Å². The Balaban J connectivity index is 1.81. The first kappa shape index (κ1) is 25.7. The third-order valence-corrected chi connectivity index (χ3v) is 6.72. The number of carbonyl (C=O) groups excluding carboxylic acids is 1. The normalized spacial score (nSPS) is 11.3. The maximum absolute atomic E-state index is 13.8. The van der Waals surface area contributed by atoms with Crippen molar-refractivity contribution in [2.75, 3.05) is 0 Å². The van der Waals surface area contributed by atoms with Gasteiger partial charge in [-0.2, -0.15) is 0 Å². The van der Waals surface area contributed by atoms with Crippen molar-refractivity contribution in [3.05, 3.63) is 105 Å². The third kappa shape index (κ3) is 5.56. The van der Waals surface area contributed by atoms with Crippen molar-refractivity contribution in [1.29, 1.82) is 0 Å². The topological polar surface area (TPSA) is 118 Å². The van der Waals surface area contributed by atoms with E-state index in [1.54, 1.807) is 13.8 Å². The molecule has 2 aromatic carbocycles. The van der Waals surface area contributed by atoms with Gasteiger partial charge in [-0.25, -0.2) is 26.9 Å². The quantitative estimate of drug-likeness (QED) is 0.381. The van der Waals surface area contributed by atoms with E-state index in [0.29, 0.717) is 11.8 Å². The predicted molar refractivity (Wildman–Crippen MR) is 132 cm³/mol. The van der Waals surface area contributed by atoms with Crippen LogP contribution in [-0.2, 0) is 10.0 Å². The number of aromatic nitrogens is 2. The highest BCUT2D eigenvalue weighted by molar-refractivity contribution is 7.90. The van der Waals surface area contributed by atoms with Crippen molar-refractivity contribution < 1.29 is 26.7 Å². The van der Waals surface area contributed by atoms with Gasteiger partial charge in [0.25, 0.3) is 21.5 Å². The Kier molecular flexibility index (Phi) is 6.90. The summed E-state index contributed by atoms with van der Waals surface area (Å²) >= 11 is 0. The van der Waals surface area contributed by atoms with Gasteiger partial charge < -0.3 is 9.72 Å². The first-order valence-corrected chi connectivity index (χ1v) is 12.4. The van der Waals surface area contributed by atoms with Gasteiger partial charge in [0.15, 0.2) is 4.90 Å². The minimum absolute atomic E-state index is 0.0785. The molecule has 0 bridgehead atoms. The number of nitrogens with zero attached hydrogens (tertiary/aromatic N) is 1. The molecule has 1 amide bonds. The van der Waals surface area contributed by atoms with Crippen LogP contribution in [0.2, 0.25) is 0 Å². The molecule has 0 aliphatic heterocycles. The molecule has 0 aliphatic rings. The Morgan fingerprint density at radius 2 is 1.62 bits per heavy atom. The first-order valence-electron chi connectivity index (χ1n) is 10.9. The highest BCUT2D eigenvalue weighted by Gasteiger charge is 2.25. The largest absolute Gasteiger partial charge is 0.438 e. The number of aromatic amines is 1. The number of benzene rings is 2. The maximum Gasteiger partial charge on any atom is 0.270 e. The Labute approximate surface area is 211 Å². The summed E-state index contributed by atoms with van der Waals surface area (Å²) in [5.74, 6) is -2.70. The number of nitrogens with one attached hydrogen (secondary N) is 2.